The average Bonchev–Trinajstić information content (AvgIpc) is 2.64. The molecular formula is C12H21BrN2S. The van der Waals surface area contributed by atoms with Crippen LogP contribution in [0.15, 0.2) is 15.9 Å². The van der Waals surface area contributed by atoms with Crippen LogP contribution in [-0.2, 0) is 6.54 Å². The summed E-state index contributed by atoms with van der Waals surface area (Å²) < 4.78 is 1.17. The van der Waals surface area contributed by atoms with Crippen molar-refractivity contribution >= 4 is 27.3 Å². The maximum atomic E-state index is 5.86. The Kier molecular flexibility index (Phi) is 5.97. The predicted octanol–water partition coefficient (Wildman–Crippen LogP) is 3.32. The first-order valence-corrected chi connectivity index (χ1v) is 7.39. The van der Waals surface area contributed by atoms with Gasteiger partial charge < -0.3 is 5.73 Å². The number of hydrogen-bond donors (Lipinski definition) is 1. The van der Waals surface area contributed by atoms with E-state index >= 15 is 0 Å². The maximum Gasteiger partial charge on any atom is 0.0328 e. The highest BCUT2D eigenvalue weighted by atomic mass is 79.9. The van der Waals surface area contributed by atoms with E-state index in [2.05, 4.69) is 53.2 Å². The highest BCUT2D eigenvalue weighted by Gasteiger charge is 2.19. The molecule has 1 rings (SSSR count). The van der Waals surface area contributed by atoms with E-state index in [0.717, 1.165) is 13.1 Å². The van der Waals surface area contributed by atoms with Crippen LogP contribution < -0.4 is 5.73 Å². The smallest absolute Gasteiger partial charge is 0.0328 e. The third-order valence-corrected chi connectivity index (χ3v) is 4.82. The molecule has 4 heteroatoms. The third-order valence-electron chi connectivity index (χ3n) is 3.14. The molecule has 0 amide bonds. The molecule has 2 nitrogen and oxygen atoms in total. The Bertz CT molecular complexity index is 314. The van der Waals surface area contributed by atoms with Crippen molar-refractivity contribution in [3.63, 3.8) is 0 Å². The second-order valence-corrected chi connectivity index (χ2v) is 6.25. The van der Waals surface area contributed by atoms with Crippen LogP contribution in [0.4, 0.5) is 0 Å². The summed E-state index contributed by atoms with van der Waals surface area (Å²) >= 11 is 5.28. The van der Waals surface area contributed by atoms with Gasteiger partial charge in [-0.1, -0.05) is 20.3 Å². The van der Waals surface area contributed by atoms with Crippen molar-refractivity contribution in [1.29, 1.82) is 0 Å². The molecule has 2 N–H and O–H groups in total. The van der Waals surface area contributed by atoms with Crippen molar-refractivity contribution in [3.05, 3.63) is 20.8 Å². The van der Waals surface area contributed by atoms with Gasteiger partial charge in [-0.3, -0.25) is 4.90 Å². The Balaban J connectivity index is 2.58. The van der Waals surface area contributed by atoms with E-state index in [1.807, 2.05) is 0 Å². The topological polar surface area (TPSA) is 29.3 Å². The zero-order chi connectivity index (χ0) is 12.1. The minimum Gasteiger partial charge on any atom is -0.329 e. The van der Waals surface area contributed by atoms with Gasteiger partial charge in [-0.05, 0) is 35.0 Å². The normalized spacial score (nSPS) is 15.4. The van der Waals surface area contributed by atoms with E-state index in [9.17, 15) is 0 Å². The molecule has 0 aliphatic carbocycles. The Hall–Kier alpha value is 0.1000. The third kappa shape index (κ3) is 3.84. The number of halogens is 1. The molecule has 2 atom stereocenters. The molecule has 0 aliphatic rings. The van der Waals surface area contributed by atoms with Gasteiger partial charge in [-0.2, -0.15) is 0 Å². The molecular weight excluding hydrogens is 284 g/mol. The van der Waals surface area contributed by atoms with Crippen LogP contribution in [0, 0.1) is 5.92 Å². The SMILES string of the molecule is CCC(C)C(CN)N(C)Cc1cc(Br)cs1. The summed E-state index contributed by atoms with van der Waals surface area (Å²) in [7, 11) is 2.16. The number of hydrogen-bond acceptors (Lipinski definition) is 3. The van der Waals surface area contributed by atoms with E-state index in [-0.39, 0.29) is 0 Å². The Labute approximate surface area is 111 Å². The first-order chi connectivity index (χ1) is 7.58. The summed E-state index contributed by atoms with van der Waals surface area (Å²) in [6.07, 6.45) is 1.18. The number of likely N-dealkylation sites (N-methyl/N-ethyl adjacent to an activating group) is 1. The number of nitrogens with zero attached hydrogens (tertiary/aromatic N) is 1. The van der Waals surface area contributed by atoms with Gasteiger partial charge in [0.15, 0.2) is 0 Å². The van der Waals surface area contributed by atoms with E-state index in [0.29, 0.717) is 12.0 Å². The average molecular weight is 305 g/mol. The van der Waals surface area contributed by atoms with Crippen LogP contribution in [0.25, 0.3) is 0 Å². The molecule has 16 heavy (non-hydrogen) atoms. The molecule has 0 bridgehead atoms. The van der Waals surface area contributed by atoms with Crippen LogP contribution in [0.5, 0.6) is 0 Å². The molecule has 0 saturated carbocycles. The van der Waals surface area contributed by atoms with Gasteiger partial charge in [-0.15, -0.1) is 11.3 Å². The van der Waals surface area contributed by atoms with Gasteiger partial charge in [-0.25, -0.2) is 0 Å². The lowest BCUT2D eigenvalue weighted by Gasteiger charge is -2.31. The molecule has 1 heterocycles. The van der Waals surface area contributed by atoms with Crippen LogP contribution in [-0.4, -0.2) is 24.5 Å². The monoisotopic (exact) mass is 304 g/mol. The second kappa shape index (κ2) is 6.74. The lowest BCUT2D eigenvalue weighted by molar-refractivity contribution is 0.179. The van der Waals surface area contributed by atoms with Crippen molar-refractivity contribution in [2.75, 3.05) is 13.6 Å². The Morgan fingerprint density at radius 2 is 2.25 bits per heavy atom. The van der Waals surface area contributed by atoms with Crippen LogP contribution >= 0.6 is 27.3 Å². The van der Waals surface area contributed by atoms with E-state index < -0.39 is 0 Å². The molecule has 0 spiro atoms. The lowest BCUT2D eigenvalue weighted by Crippen LogP contribution is -2.41. The maximum absolute atomic E-state index is 5.86. The molecule has 1 aromatic heterocycles. The minimum absolute atomic E-state index is 0.478. The minimum atomic E-state index is 0.478. The van der Waals surface area contributed by atoms with Gasteiger partial charge >= 0.3 is 0 Å². The zero-order valence-corrected chi connectivity index (χ0v) is 12.6. The molecule has 1 aromatic rings. The molecule has 0 aliphatic heterocycles. The van der Waals surface area contributed by atoms with Gasteiger partial charge in [0, 0.05) is 33.9 Å². The van der Waals surface area contributed by atoms with Gasteiger partial charge in [0.2, 0.25) is 0 Å². The fourth-order valence-electron chi connectivity index (χ4n) is 1.92. The summed E-state index contributed by atoms with van der Waals surface area (Å²) in [4.78, 5) is 3.75. The lowest BCUT2D eigenvalue weighted by atomic mass is 9.98. The summed E-state index contributed by atoms with van der Waals surface area (Å²) in [6.45, 7) is 6.22. The molecule has 92 valence electrons. The molecule has 2 unspecified atom stereocenters. The summed E-state index contributed by atoms with van der Waals surface area (Å²) in [6, 6.07) is 2.66. The standard InChI is InChI=1S/C12H21BrN2S/c1-4-9(2)12(6-14)15(3)7-11-5-10(13)8-16-11/h5,8-9,12H,4,6-7,14H2,1-3H3. The van der Waals surface area contributed by atoms with Crippen LogP contribution in [0.1, 0.15) is 25.1 Å². The van der Waals surface area contributed by atoms with Gasteiger partial charge in [0.05, 0.1) is 0 Å². The van der Waals surface area contributed by atoms with Crippen molar-refractivity contribution in [2.45, 2.75) is 32.9 Å². The van der Waals surface area contributed by atoms with Gasteiger partial charge in [0.1, 0.15) is 0 Å². The fourth-order valence-corrected chi connectivity index (χ4v) is 3.43. The predicted molar refractivity (Wildman–Crippen MR) is 75.8 cm³/mol. The van der Waals surface area contributed by atoms with Crippen molar-refractivity contribution in [2.24, 2.45) is 11.7 Å². The molecule has 0 fully saturated rings. The summed E-state index contributed by atoms with van der Waals surface area (Å²) in [5.41, 5.74) is 5.86. The van der Waals surface area contributed by atoms with Gasteiger partial charge in [0.25, 0.3) is 0 Å². The van der Waals surface area contributed by atoms with Crippen molar-refractivity contribution in [3.8, 4) is 0 Å². The highest BCUT2D eigenvalue weighted by molar-refractivity contribution is 9.10. The van der Waals surface area contributed by atoms with Crippen LogP contribution in [0.2, 0.25) is 0 Å². The molecule has 0 aromatic carbocycles. The quantitative estimate of drug-likeness (QED) is 0.873. The van der Waals surface area contributed by atoms with Crippen molar-refractivity contribution in [1.82, 2.24) is 4.90 Å². The number of rotatable bonds is 6. The summed E-state index contributed by atoms with van der Waals surface area (Å²) in [5, 5.41) is 2.13. The summed E-state index contributed by atoms with van der Waals surface area (Å²) in [5.74, 6) is 0.651. The Morgan fingerprint density at radius 3 is 2.69 bits per heavy atom. The van der Waals surface area contributed by atoms with E-state index in [1.54, 1.807) is 11.3 Å². The molecule has 0 radical (unpaired) electrons. The highest BCUT2D eigenvalue weighted by Crippen LogP contribution is 2.22. The first kappa shape index (κ1) is 14.2. The van der Waals surface area contributed by atoms with E-state index in [4.69, 9.17) is 5.73 Å². The number of thiophene rings is 1. The largest absolute Gasteiger partial charge is 0.329 e. The zero-order valence-electron chi connectivity index (χ0n) is 10.2. The van der Waals surface area contributed by atoms with Crippen LogP contribution in [0.3, 0.4) is 0 Å². The first-order valence-electron chi connectivity index (χ1n) is 5.71. The van der Waals surface area contributed by atoms with Crippen molar-refractivity contribution < 1.29 is 0 Å². The molecule has 0 saturated heterocycles. The second-order valence-electron chi connectivity index (χ2n) is 4.33. The Morgan fingerprint density at radius 1 is 1.56 bits per heavy atom. The van der Waals surface area contributed by atoms with E-state index in [1.165, 1.54) is 15.8 Å². The number of nitrogens with two attached hydrogens (primary N) is 1. The fraction of sp³-hybridized carbons (Fsp3) is 0.667.